The minimum Gasteiger partial charge on any atom is -0.349 e. The van der Waals surface area contributed by atoms with E-state index in [2.05, 4.69) is 32.5 Å². The van der Waals surface area contributed by atoms with Crippen molar-refractivity contribution in [2.24, 2.45) is 0 Å². The van der Waals surface area contributed by atoms with E-state index in [4.69, 9.17) is 23.2 Å². The molecule has 0 saturated heterocycles. The first-order valence-corrected chi connectivity index (χ1v) is 9.55. The fraction of sp³-hybridized carbons (Fsp3) is 0.150. The van der Waals surface area contributed by atoms with Gasteiger partial charge in [-0.25, -0.2) is 0 Å². The van der Waals surface area contributed by atoms with Crippen LogP contribution in [0.1, 0.15) is 16.8 Å². The van der Waals surface area contributed by atoms with Gasteiger partial charge in [0.1, 0.15) is 0 Å². The second kappa shape index (κ2) is 8.04. The summed E-state index contributed by atoms with van der Waals surface area (Å²) < 4.78 is 1.25. The number of aromatic amines is 1. The lowest BCUT2D eigenvalue weighted by Gasteiger charge is -2.04. The van der Waals surface area contributed by atoms with Crippen molar-refractivity contribution in [2.45, 2.75) is 19.4 Å². The summed E-state index contributed by atoms with van der Waals surface area (Å²) in [6.07, 6.45) is 1.55. The van der Waals surface area contributed by atoms with E-state index in [1.807, 2.05) is 24.3 Å². The molecule has 2 N–H and O–H groups in total. The lowest BCUT2D eigenvalue weighted by Crippen LogP contribution is -2.16. The Bertz CT molecular complexity index is 1170. The Morgan fingerprint density at radius 1 is 1.04 bits per heavy atom. The van der Waals surface area contributed by atoms with E-state index in [1.54, 1.807) is 18.2 Å². The Morgan fingerprint density at radius 2 is 1.86 bits per heavy atom. The number of benzene rings is 2. The molecule has 2 heterocycles. The number of hydrogen-bond acceptors (Lipinski definition) is 4. The molecule has 0 unspecified atom stereocenters. The van der Waals surface area contributed by atoms with Crippen molar-refractivity contribution in [3.05, 3.63) is 91.8 Å². The van der Waals surface area contributed by atoms with E-state index in [9.17, 15) is 4.79 Å². The monoisotopic (exact) mass is 413 g/mol. The lowest BCUT2D eigenvalue weighted by atomic mass is 10.1. The van der Waals surface area contributed by atoms with Gasteiger partial charge < -0.3 is 10.3 Å². The van der Waals surface area contributed by atoms with Crippen molar-refractivity contribution in [1.29, 1.82) is 0 Å². The highest BCUT2D eigenvalue weighted by atomic mass is 35.5. The standard InChI is InChI=1S/C20H17Cl2N5O/c21-15-8-7-14(17(22)10-15)12-23-19-25-20-24-16(11-18(28)27(20)26-19)9-6-13-4-2-1-3-5-13/h1-5,7-8,10-11H,6,9,12H2,(H2,23,24,25,26). The molecule has 6 nitrogen and oxygen atoms in total. The molecule has 0 saturated carbocycles. The number of anilines is 1. The Hall–Kier alpha value is -2.83. The molecule has 4 rings (SSSR count). The Labute approximate surface area is 171 Å². The van der Waals surface area contributed by atoms with Crippen LogP contribution < -0.4 is 10.9 Å². The normalized spacial score (nSPS) is 11.1. The van der Waals surface area contributed by atoms with Crippen molar-refractivity contribution >= 4 is 34.9 Å². The highest BCUT2D eigenvalue weighted by Gasteiger charge is 2.09. The van der Waals surface area contributed by atoms with Gasteiger partial charge in [-0.1, -0.05) is 59.6 Å². The molecular formula is C20H17Cl2N5O. The first kappa shape index (κ1) is 18.5. The van der Waals surface area contributed by atoms with Gasteiger partial charge in [-0.05, 0) is 36.1 Å². The predicted molar refractivity (Wildman–Crippen MR) is 111 cm³/mol. The van der Waals surface area contributed by atoms with Crippen molar-refractivity contribution in [3.63, 3.8) is 0 Å². The van der Waals surface area contributed by atoms with Gasteiger partial charge in [-0.15, -0.1) is 5.10 Å². The van der Waals surface area contributed by atoms with Crippen molar-refractivity contribution in [1.82, 2.24) is 19.6 Å². The van der Waals surface area contributed by atoms with Gasteiger partial charge in [0.15, 0.2) is 0 Å². The molecule has 0 aliphatic rings. The van der Waals surface area contributed by atoms with Crippen molar-refractivity contribution < 1.29 is 0 Å². The van der Waals surface area contributed by atoms with Crippen LogP contribution in [0.3, 0.4) is 0 Å². The zero-order valence-electron chi connectivity index (χ0n) is 14.8. The van der Waals surface area contributed by atoms with E-state index in [0.29, 0.717) is 34.7 Å². The third kappa shape index (κ3) is 4.18. The van der Waals surface area contributed by atoms with Crippen LogP contribution in [0.4, 0.5) is 5.95 Å². The maximum absolute atomic E-state index is 12.4. The largest absolute Gasteiger partial charge is 0.349 e. The first-order valence-electron chi connectivity index (χ1n) is 8.79. The quantitative estimate of drug-likeness (QED) is 0.498. The number of nitrogens with one attached hydrogen (secondary N) is 2. The van der Waals surface area contributed by atoms with Crippen LogP contribution in [0.25, 0.3) is 5.78 Å². The lowest BCUT2D eigenvalue weighted by molar-refractivity contribution is 0.850. The van der Waals surface area contributed by atoms with Gasteiger partial charge >= 0.3 is 0 Å². The van der Waals surface area contributed by atoms with Crippen LogP contribution in [0, 0.1) is 0 Å². The molecule has 0 aliphatic carbocycles. The first-order chi connectivity index (χ1) is 13.6. The second-order valence-corrected chi connectivity index (χ2v) is 7.22. The summed E-state index contributed by atoms with van der Waals surface area (Å²) >= 11 is 12.1. The molecule has 4 aromatic rings. The van der Waals surface area contributed by atoms with Gasteiger partial charge in [0.05, 0.1) is 0 Å². The number of halogens is 2. The molecule has 0 fully saturated rings. The highest BCUT2D eigenvalue weighted by molar-refractivity contribution is 6.35. The topological polar surface area (TPSA) is 75.1 Å². The number of hydrogen-bond donors (Lipinski definition) is 2. The minimum atomic E-state index is -0.220. The minimum absolute atomic E-state index is 0.220. The molecule has 0 amide bonds. The summed E-state index contributed by atoms with van der Waals surface area (Å²) in [5.74, 6) is 0.750. The summed E-state index contributed by atoms with van der Waals surface area (Å²) in [5.41, 5.74) is 2.68. The van der Waals surface area contributed by atoms with Gasteiger partial charge in [0.2, 0.25) is 11.7 Å². The van der Waals surface area contributed by atoms with Gasteiger partial charge in [-0.2, -0.15) is 9.50 Å². The van der Waals surface area contributed by atoms with E-state index in [0.717, 1.165) is 17.7 Å². The zero-order valence-corrected chi connectivity index (χ0v) is 16.3. The average Bonchev–Trinajstić information content (AvgIpc) is 3.10. The number of nitrogens with zero attached hydrogens (tertiary/aromatic N) is 3. The Kier molecular flexibility index (Phi) is 5.32. The fourth-order valence-corrected chi connectivity index (χ4v) is 3.38. The number of aromatic nitrogens is 4. The number of H-pyrrole nitrogens is 1. The van der Waals surface area contributed by atoms with Crippen LogP contribution in [-0.4, -0.2) is 19.6 Å². The van der Waals surface area contributed by atoms with Gasteiger partial charge in [-0.3, -0.25) is 4.79 Å². The molecule has 8 heteroatoms. The summed E-state index contributed by atoms with van der Waals surface area (Å²) in [6.45, 7) is 0.419. The van der Waals surface area contributed by atoms with Crippen molar-refractivity contribution in [3.8, 4) is 0 Å². The number of rotatable bonds is 6. The van der Waals surface area contributed by atoms with Crippen LogP contribution >= 0.6 is 23.2 Å². The maximum Gasteiger partial charge on any atom is 0.275 e. The number of fused-ring (bicyclic) bond motifs is 1. The van der Waals surface area contributed by atoms with E-state index >= 15 is 0 Å². The average molecular weight is 414 g/mol. The summed E-state index contributed by atoms with van der Waals surface area (Å²) in [4.78, 5) is 19.9. The molecule has 0 radical (unpaired) electrons. The zero-order chi connectivity index (χ0) is 19.5. The van der Waals surface area contributed by atoms with Crippen LogP contribution in [0.15, 0.2) is 59.4 Å². The fourth-order valence-electron chi connectivity index (χ4n) is 2.91. The van der Waals surface area contributed by atoms with Gasteiger partial charge in [0, 0.05) is 28.4 Å². The second-order valence-electron chi connectivity index (χ2n) is 6.38. The molecule has 28 heavy (non-hydrogen) atoms. The van der Waals surface area contributed by atoms with Crippen molar-refractivity contribution in [2.75, 3.05) is 5.32 Å². The summed E-state index contributed by atoms with van der Waals surface area (Å²) in [6, 6.07) is 17.0. The van der Waals surface area contributed by atoms with Crippen LogP contribution in [0.2, 0.25) is 10.0 Å². The molecule has 142 valence electrons. The van der Waals surface area contributed by atoms with Crippen LogP contribution in [0.5, 0.6) is 0 Å². The molecule has 0 bridgehead atoms. The molecule has 0 aliphatic heterocycles. The number of aryl methyl sites for hydroxylation is 2. The smallest absolute Gasteiger partial charge is 0.275 e. The predicted octanol–water partition coefficient (Wildman–Crippen LogP) is 4.12. The molecule has 2 aromatic carbocycles. The van der Waals surface area contributed by atoms with Gasteiger partial charge in [0.25, 0.3) is 5.56 Å². The Morgan fingerprint density at radius 3 is 2.64 bits per heavy atom. The third-order valence-electron chi connectivity index (χ3n) is 4.36. The highest BCUT2D eigenvalue weighted by Crippen LogP contribution is 2.21. The maximum atomic E-state index is 12.4. The van der Waals surface area contributed by atoms with E-state index in [1.165, 1.54) is 10.1 Å². The van der Waals surface area contributed by atoms with Crippen LogP contribution in [-0.2, 0) is 19.4 Å². The van der Waals surface area contributed by atoms with E-state index < -0.39 is 0 Å². The third-order valence-corrected chi connectivity index (χ3v) is 4.95. The SMILES string of the molecule is O=c1cc(CCc2ccccc2)[nH]c2nc(NCc3ccc(Cl)cc3Cl)nn12. The summed E-state index contributed by atoms with van der Waals surface area (Å²) in [5, 5.41) is 8.44. The molecule has 0 spiro atoms. The van der Waals surface area contributed by atoms with E-state index in [-0.39, 0.29) is 5.56 Å². The molecule has 2 aromatic heterocycles. The molecular weight excluding hydrogens is 397 g/mol. The summed E-state index contributed by atoms with van der Waals surface area (Å²) in [7, 11) is 0. The Balaban J connectivity index is 1.50. The molecule has 0 atom stereocenters.